The van der Waals surface area contributed by atoms with Crippen LogP contribution < -0.4 is 5.14 Å². The molecule has 0 amide bonds. The Balaban J connectivity index is 2.22. The van der Waals surface area contributed by atoms with E-state index >= 15 is 0 Å². The lowest BCUT2D eigenvalue weighted by molar-refractivity contribution is 0.102. The third-order valence-electron chi connectivity index (χ3n) is 4.26. The lowest BCUT2D eigenvalue weighted by Crippen LogP contribution is -2.18. The number of aryl methyl sites for hydroxylation is 1. The summed E-state index contributed by atoms with van der Waals surface area (Å²) in [5.74, 6) is -0.569. The van der Waals surface area contributed by atoms with Gasteiger partial charge in [-0.3, -0.25) is 9.78 Å². The Bertz CT molecular complexity index is 1120. The number of primary sulfonamides is 1. The SMILES string of the molecule is Cc1c(C(=O)CCl)c2ncc(CCS(N)(=O)=O)cc2n1-c1ccc(Cl)cc1. The van der Waals surface area contributed by atoms with Gasteiger partial charge in [0.25, 0.3) is 0 Å². The summed E-state index contributed by atoms with van der Waals surface area (Å²) in [7, 11) is -3.58. The van der Waals surface area contributed by atoms with Gasteiger partial charge in [-0.15, -0.1) is 11.6 Å². The van der Waals surface area contributed by atoms with E-state index in [1.165, 1.54) is 0 Å². The Morgan fingerprint density at radius 3 is 2.52 bits per heavy atom. The molecule has 9 heteroatoms. The number of hydrogen-bond donors (Lipinski definition) is 1. The van der Waals surface area contributed by atoms with Gasteiger partial charge in [-0.2, -0.15) is 0 Å². The average molecular weight is 426 g/mol. The molecule has 0 atom stereocenters. The molecule has 0 aliphatic rings. The van der Waals surface area contributed by atoms with Crippen LogP contribution in [0.25, 0.3) is 16.7 Å². The number of fused-ring (bicyclic) bond motifs is 1. The zero-order valence-electron chi connectivity index (χ0n) is 14.4. The Labute approximate surface area is 167 Å². The third kappa shape index (κ3) is 4.16. The van der Waals surface area contributed by atoms with Crippen LogP contribution in [-0.4, -0.2) is 35.4 Å². The number of nitrogens with two attached hydrogens (primary N) is 1. The van der Waals surface area contributed by atoms with E-state index in [4.69, 9.17) is 28.3 Å². The molecule has 0 bridgehead atoms. The van der Waals surface area contributed by atoms with Crippen molar-refractivity contribution in [2.45, 2.75) is 13.3 Å². The maximum atomic E-state index is 12.4. The maximum Gasteiger partial charge on any atom is 0.209 e. The molecular formula is C18H17Cl2N3O3S. The van der Waals surface area contributed by atoms with Gasteiger partial charge < -0.3 is 4.57 Å². The van der Waals surface area contributed by atoms with E-state index in [-0.39, 0.29) is 23.8 Å². The first-order valence-corrected chi connectivity index (χ1v) is 10.7. The molecule has 0 aliphatic carbocycles. The predicted octanol–water partition coefficient (Wildman–Crippen LogP) is 3.24. The first-order valence-electron chi connectivity index (χ1n) is 8.07. The topological polar surface area (TPSA) is 95.1 Å². The maximum absolute atomic E-state index is 12.4. The molecule has 0 unspecified atom stereocenters. The van der Waals surface area contributed by atoms with Crippen molar-refractivity contribution in [3.63, 3.8) is 0 Å². The van der Waals surface area contributed by atoms with E-state index < -0.39 is 10.0 Å². The fourth-order valence-electron chi connectivity index (χ4n) is 3.04. The highest BCUT2D eigenvalue weighted by Crippen LogP contribution is 2.30. The molecule has 3 rings (SSSR count). The summed E-state index contributed by atoms with van der Waals surface area (Å²) in [4.78, 5) is 16.8. The predicted molar refractivity (Wildman–Crippen MR) is 108 cm³/mol. The van der Waals surface area contributed by atoms with E-state index in [9.17, 15) is 13.2 Å². The van der Waals surface area contributed by atoms with Crippen LogP contribution in [-0.2, 0) is 16.4 Å². The minimum atomic E-state index is -3.58. The number of halogens is 2. The largest absolute Gasteiger partial charge is 0.312 e. The summed E-state index contributed by atoms with van der Waals surface area (Å²) < 4.78 is 24.4. The molecule has 2 heterocycles. The summed E-state index contributed by atoms with van der Waals surface area (Å²) in [5, 5.41) is 5.69. The number of Topliss-reactive ketones (excluding diaryl/α,β-unsaturated/α-hetero) is 1. The molecule has 2 aromatic heterocycles. The number of hydrogen-bond acceptors (Lipinski definition) is 4. The molecule has 2 N–H and O–H groups in total. The molecule has 0 saturated heterocycles. The zero-order chi connectivity index (χ0) is 19.8. The molecule has 0 spiro atoms. The van der Waals surface area contributed by atoms with Gasteiger partial charge in [-0.25, -0.2) is 13.6 Å². The standard InChI is InChI=1S/C18H17Cl2N3O3S/c1-11-17(16(24)9-19)18-15(23(11)14-4-2-13(20)3-5-14)8-12(10-22-18)6-7-27(21,25)26/h2-5,8,10H,6-7,9H2,1H3,(H2,21,25,26). The minimum Gasteiger partial charge on any atom is -0.312 e. The van der Waals surface area contributed by atoms with Crippen molar-refractivity contribution in [3.8, 4) is 5.69 Å². The van der Waals surface area contributed by atoms with Gasteiger partial charge in [-0.05, 0) is 49.2 Å². The summed E-state index contributed by atoms with van der Waals surface area (Å²) in [6.45, 7) is 1.82. The Morgan fingerprint density at radius 2 is 1.93 bits per heavy atom. The zero-order valence-corrected chi connectivity index (χ0v) is 16.8. The quantitative estimate of drug-likeness (QED) is 0.484. The second kappa shape index (κ2) is 7.59. The molecule has 0 fully saturated rings. The van der Waals surface area contributed by atoms with E-state index in [0.717, 1.165) is 5.69 Å². The molecule has 1 aromatic carbocycles. The van der Waals surface area contributed by atoms with Gasteiger partial charge in [-0.1, -0.05) is 11.6 Å². The molecular weight excluding hydrogens is 409 g/mol. The Hall–Kier alpha value is -1.93. The van der Waals surface area contributed by atoms with Crippen molar-refractivity contribution in [1.29, 1.82) is 0 Å². The van der Waals surface area contributed by atoms with Crippen molar-refractivity contribution in [3.05, 3.63) is 58.4 Å². The summed E-state index contributed by atoms with van der Waals surface area (Å²) in [6.07, 6.45) is 1.79. The first kappa shape index (κ1) is 19.8. The van der Waals surface area contributed by atoms with Crippen LogP contribution in [0.2, 0.25) is 5.02 Å². The lowest BCUT2D eigenvalue weighted by Gasteiger charge is -2.09. The van der Waals surface area contributed by atoms with Crippen LogP contribution >= 0.6 is 23.2 Å². The lowest BCUT2D eigenvalue weighted by atomic mass is 10.1. The number of rotatable bonds is 6. The number of carbonyl (C=O) groups excluding carboxylic acids is 1. The fourth-order valence-corrected chi connectivity index (χ4v) is 3.82. The number of ketones is 1. The molecule has 27 heavy (non-hydrogen) atoms. The van der Waals surface area contributed by atoms with Gasteiger partial charge in [0.2, 0.25) is 10.0 Å². The van der Waals surface area contributed by atoms with E-state index in [0.29, 0.717) is 32.9 Å². The molecule has 142 valence electrons. The Kier molecular flexibility index (Phi) is 5.58. The highest BCUT2D eigenvalue weighted by molar-refractivity contribution is 7.89. The molecule has 0 saturated carbocycles. The first-order chi connectivity index (χ1) is 12.7. The van der Waals surface area contributed by atoms with Gasteiger partial charge in [0.05, 0.1) is 28.2 Å². The van der Waals surface area contributed by atoms with Crippen LogP contribution in [0.1, 0.15) is 21.6 Å². The van der Waals surface area contributed by atoms with Crippen molar-refractivity contribution in [1.82, 2.24) is 9.55 Å². The number of aromatic nitrogens is 2. The van der Waals surface area contributed by atoms with Crippen LogP contribution in [0.3, 0.4) is 0 Å². The minimum absolute atomic E-state index is 0.157. The van der Waals surface area contributed by atoms with Crippen molar-refractivity contribution < 1.29 is 13.2 Å². The van der Waals surface area contributed by atoms with Gasteiger partial charge in [0.15, 0.2) is 5.78 Å². The van der Waals surface area contributed by atoms with E-state index in [2.05, 4.69) is 4.98 Å². The molecule has 3 aromatic rings. The Morgan fingerprint density at radius 1 is 1.26 bits per heavy atom. The van der Waals surface area contributed by atoms with Crippen LogP contribution in [0.15, 0.2) is 36.5 Å². The smallest absolute Gasteiger partial charge is 0.209 e. The van der Waals surface area contributed by atoms with Crippen molar-refractivity contribution in [2.75, 3.05) is 11.6 Å². The third-order valence-corrected chi connectivity index (χ3v) is 5.53. The van der Waals surface area contributed by atoms with E-state index in [1.54, 1.807) is 18.3 Å². The highest BCUT2D eigenvalue weighted by atomic mass is 35.5. The normalized spacial score (nSPS) is 11.9. The van der Waals surface area contributed by atoms with Crippen LogP contribution in [0.4, 0.5) is 0 Å². The molecule has 0 aliphatic heterocycles. The highest BCUT2D eigenvalue weighted by Gasteiger charge is 2.22. The summed E-state index contributed by atoms with van der Waals surface area (Å²) in [6, 6.07) is 8.99. The monoisotopic (exact) mass is 425 g/mol. The van der Waals surface area contributed by atoms with Crippen LogP contribution in [0.5, 0.6) is 0 Å². The number of pyridine rings is 1. The average Bonchev–Trinajstić information content (AvgIpc) is 2.91. The number of alkyl halides is 1. The van der Waals surface area contributed by atoms with Gasteiger partial charge >= 0.3 is 0 Å². The van der Waals surface area contributed by atoms with Crippen molar-refractivity contribution >= 4 is 50.0 Å². The van der Waals surface area contributed by atoms with Gasteiger partial charge in [0.1, 0.15) is 0 Å². The summed E-state index contributed by atoms with van der Waals surface area (Å²) in [5.41, 5.74) is 3.87. The number of nitrogens with zero attached hydrogens (tertiary/aromatic N) is 2. The summed E-state index contributed by atoms with van der Waals surface area (Å²) >= 11 is 11.8. The fraction of sp³-hybridized carbons (Fsp3) is 0.222. The number of benzene rings is 1. The van der Waals surface area contributed by atoms with Crippen LogP contribution in [0, 0.1) is 6.92 Å². The number of carbonyl (C=O) groups is 1. The van der Waals surface area contributed by atoms with Gasteiger partial charge in [0, 0.05) is 22.6 Å². The van der Waals surface area contributed by atoms with E-state index in [1.807, 2.05) is 29.7 Å². The number of sulfonamides is 1. The van der Waals surface area contributed by atoms with Crippen molar-refractivity contribution in [2.24, 2.45) is 5.14 Å². The molecule has 0 radical (unpaired) electrons. The second-order valence-electron chi connectivity index (χ2n) is 6.16. The molecule has 6 nitrogen and oxygen atoms in total. The second-order valence-corrected chi connectivity index (χ2v) is 8.59.